The van der Waals surface area contributed by atoms with Gasteiger partial charge in [-0.3, -0.25) is 4.90 Å². The van der Waals surface area contributed by atoms with Crippen LogP contribution in [0.5, 0.6) is 0 Å². The van der Waals surface area contributed by atoms with E-state index in [1.165, 1.54) is 0 Å². The molecule has 0 aromatic heterocycles. The second kappa shape index (κ2) is 11.3. The van der Waals surface area contributed by atoms with E-state index in [4.69, 9.17) is 9.84 Å². The Balaban J connectivity index is 0.00000106. The summed E-state index contributed by atoms with van der Waals surface area (Å²) in [6.07, 6.45) is 0.753. The molecule has 98 valence electrons. The largest absolute Gasteiger partial charge is 0.396 e. The fourth-order valence-corrected chi connectivity index (χ4v) is 1.53. The first kappa shape index (κ1) is 15.8. The summed E-state index contributed by atoms with van der Waals surface area (Å²) in [6.45, 7) is 11.4. The third-order valence-corrected chi connectivity index (χ3v) is 2.59. The van der Waals surface area contributed by atoms with Crippen LogP contribution in [-0.4, -0.2) is 74.5 Å². The Morgan fingerprint density at radius 3 is 2.25 bits per heavy atom. The van der Waals surface area contributed by atoms with Crippen LogP contribution in [0.3, 0.4) is 0 Å². The molecular formula is C12H28N2O2. The number of rotatable bonds is 6. The van der Waals surface area contributed by atoms with E-state index in [2.05, 4.69) is 16.8 Å². The molecule has 0 atom stereocenters. The van der Waals surface area contributed by atoms with Gasteiger partial charge in [0.1, 0.15) is 0 Å². The van der Waals surface area contributed by atoms with E-state index in [1.54, 1.807) is 0 Å². The van der Waals surface area contributed by atoms with Gasteiger partial charge in [0, 0.05) is 45.9 Å². The van der Waals surface area contributed by atoms with Crippen LogP contribution in [0.25, 0.3) is 0 Å². The number of piperazine rings is 1. The fraction of sp³-hybridized carbons (Fsp3) is 1.00. The van der Waals surface area contributed by atoms with Gasteiger partial charge in [-0.05, 0) is 13.5 Å². The summed E-state index contributed by atoms with van der Waals surface area (Å²) in [5.41, 5.74) is 0. The van der Waals surface area contributed by atoms with Crippen molar-refractivity contribution in [2.45, 2.75) is 20.3 Å². The Morgan fingerprint density at radius 2 is 1.69 bits per heavy atom. The first-order chi connectivity index (χ1) is 7.83. The number of ether oxygens (including phenoxy) is 1. The quantitative estimate of drug-likeness (QED) is 0.683. The Morgan fingerprint density at radius 1 is 1.06 bits per heavy atom. The molecule has 0 saturated carbocycles. The van der Waals surface area contributed by atoms with Gasteiger partial charge in [-0.2, -0.15) is 0 Å². The highest BCUT2D eigenvalue weighted by Gasteiger charge is 2.12. The summed E-state index contributed by atoms with van der Waals surface area (Å²) < 4.78 is 5.39. The molecule has 1 heterocycles. The van der Waals surface area contributed by atoms with Gasteiger partial charge in [0.05, 0.1) is 6.61 Å². The summed E-state index contributed by atoms with van der Waals surface area (Å²) in [7, 11) is 2.16. The first-order valence-electron chi connectivity index (χ1n) is 6.42. The lowest BCUT2D eigenvalue weighted by molar-refractivity contribution is 0.0744. The topological polar surface area (TPSA) is 35.9 Å². The number of nitrogens with zero attached hydrogens (tertiary/aromatic N) is 2. The van der Waals surface area contributed by atoms with Crippen molar-refractivity contribution in [3.63, 3.8) is 0 Å². The molecule has 0 radical (unpaired) electrons. The molecule has 16 heavy (non-hydrogen) atoms. The van der Waals surface area contributed by atoms with Gasteiger partial charge in [-0.25, -0.2) is 0 Å². The van der Waals surface area contributed by atoms with Crippen molar-refractivity contribution < 1.29 is 9.84 Å². The number of hydrogen-bond acceptors (Lipinski definition) is 4. The third-order valence-electron chi connectivity index (χ3n) is 2.59. The molecule has 1 aliphatic rings. The van der Waals surface area contributed by atoms with Crippen molar-refractivity contribution in [2.24, 2.45) is 0 Å². The molecule has 4 heteroatoms. The summed E-state index contributed by atoms with van der Waals surface area (Å²) >= 11 is 0. The second-order valence-electron chi connectivity index (χ2n) is 3.83. The molecule has 0 amide bonds. The number of aliphatic hydroxyl groups excluding tert-OH is 1. The second-order valence-corrected chi connectivity index (χ2v) is 3.83. The monoisotopic (exact) mass is 232 g/mol. The third kappa shape index (κ3) is 8.05. The maximum atomic E-state index is 8.55. The van der Waals surface area contributed by atoms with Crippen molar-refractivity contribution in [2.75, 3.05) is 59.6 Å². The van der Waals surface area contributed by atoms with Crippen molar-refractivity contribution >= 4 is 0 Å². The van der Waals surface area contributed by atoms with Crippen molar-refractivity contribution in [1.29, 1.82) is 0 Å². The molecule has 4 nitrogen and oxygen atoms in total. The maximum absolute atomic E-state index is 8.55. The standard InChI is InChI=1S/C10H22N2O2.C2H6/c1-11-3-5-12(6-4-11)7-10-14-9-2-8-13;1-2/h13H,2-10H2,1H3;1-2H3. The fourth-order valence-electron chi connectivity index (χ4n) is 1.53. The van der Waals surface area contributed by atoms with Crippen molar-refractivity contribution in [3.8, 4) is 0 Å². The highest BCUT2D eigenvalue weighted by molar-refractivity contribution is 4.68. The van der Waals surface area contributed by atoms with E-state index in [0.29, 0.717) is 6.61 Å². The predicted molar refractivity (Wildman–Crippen MR) is 67.8 cm³/mol. The van der Waals surface area contributed by atoms with E-state index in [0.717, 1.165) is 45.8 Å². The first-order valence-corrected chi connectivity index (χ1v) is 6.42. The van der Waals surface area contributed by atoms with Crippen LogP contribution in [0.4, 0.5) is 0 Å². The zero-order valence-corrected chi connectivity index (χ0v) is 11.1. The minimum atomic E-state index is 0.231. The number of hydrogen-bond donors (Lipinski definition) is 1. The number of aliphatic hydroxyl groups is 1. The normalized spacial score (nSPS) is 18.0. The predicted octanol–water partition coefficient (Wildman–Crippen LogP) is 0.659. The zero-order valence-electron chi connectivity index (χ0n) is 11.1. The maximum Gasteiger partial charge on any atom is 0.0593 e. The molecular weight excluding hydrogens is 204 g/mol. The Hall–Kier alpha value is -0.160. The van der Waals surface area contributed by atoms with Crippen LogP contribution in [0.1, 0.15) is 20.3 Å². The van der Waals surface area contributed by atoms with Gasteiger partial charge in [0.25, 0.3) is 0 Å². The van der Waals surface area contributed by atoms with Gasteiger partial charge in [-0.1, -0.05) is 13.8 Å². The SMILES string of the molecule is CC.CN1CCN(CCOCCCO)CC1. The van der Waals surface area contributed by atoms with Gasteiger partial charge >= 0.3 is 0 Å². The molecule has 1 N–H and O–H groups in total. The molecule has 0 spiro atoms. The van der Waals surface area contributed by atoms with Crippen LogP contribution in [-0.2, 0) is 4.74 Å². The molecule has 0 aliphatic carbocycles. The van der Waals surface area contributed by atoms with E-state index < -0.39 is 0 Å². The lowest BCUT2D eigenvalue weighted by Gasteiger charge is -2.32. The van der Waals surface area contributed by atoms with Crippen molar-refractivity contribution in [1.82, 2.24) is 9.80 Å². The lowest BCUT2D eigenvalue weighted by atomic mass is 10.3. The van der Waals surface area contributed by atoms with Crippen LogP contribution in [0, 0.1) is 0 Å². The molecule has 0 unspecified atom stereocenters. The van der Waals surface area contributed by atoms with Crippen LogP contribution in [0.2, 0.25) is 0 Å². The van der Waals surface area contributed by atoms with Gasteiger partial charge in [0.15, 0.2) is 0 Å². The highest BCUT2D eigenvalue weighted by Crippen LogP contribution is 1.98. The molecule has 1 fully saturated rings. The molecule has 1 rings (SSSR count). The Labute approximate surface area is 100 Å². The van der Waals surface area contributed by atoms with E-state index in [9.17, 15) is 0 Å². The molecule has 0 aromatic rings. The molecule has 0 aromatic carbocycles. The molecule has 0 bridgehead atoms. The minimum Gasteiger partial charge on any atom is -0.396 e. The summed E-state index contributed by atoms with van der Waals surface area (Å²) in [5.74, 6) is 0. The molecule has 1 aliphatic heterocycles. The van der Waals surface area contributed by atoms with Crippen LogP contribution in [0.15, 0.2) is 0 Å². The summed E-state index contributed by atoms with van der Waals surface area (Å²) in [5, 5.41) is 8.55. The van der Waals surface area contributed by atoms with E-state index >= 15 is 0 Å². The van der Waals surface area contributed by atoms with E-state index in [-0.39, 0.29) is 6.61 Å². The Bertz CT molecular complexity index is 137. The van der Waals surface area contributed by atoms with E-state index in [1.807, 2.05) is 13.8 Å². The highest BCUT2D eigenvalue weighted by atomic mass is 16.5. The zero-order chi connectivity index (χ0) is 12.2. The van der Waals surface area contributed by atoms with Crippen molar-refractivity contribution in [3.05, 3.63) is 0 Å². The average molecular weight is 232 g/mol. The minimum absolute atomic E-state index is 0.231. The summed E-state index contributed by atoms with van der Waals surface area (Å²) in [6, 6.07) is 0. The van der Waals surface area contributed by atoms with Crippen LogP contribution < -0.4 is 0 Å². The van der Waals surface area contributed by atoms with Gasteiger partial charge in [0.2, 0.25) is 0 Å². The average Bonchev–Trinajstić information content (AvgIpc) is 2.34. The van der Waals surface area contributed by atoms with Gasteiger partial charge < -0.3 is 14.7 Å². The number of likely N-dealkylation sites (N-methyl/N-ethyl adjacent to an activating group) is 1. The van der Waals surface area contributed by atoms with Crippen LogP contribution >= 0.6 is 0 Å². The smallest absolute Gasteiger partial charge is 0.0593 e. The molecule has 1 saturated heterocycles. The summed E-state index contributed by atoms with van der Waals surface area (Å²) in [4.78, 5) is 4.78. The van der Waals surface area contributed by atoms with Gasteiger partial charge in [-0.15, -0.1) is 0 Å². The Kier molecular flexibility index (Phi) is 11.2. The lowest BCUT2D eigenvalue weighted by Crippen LogP contribution is -2.45.